The number of anilines is 1. The molecule has 2 heterocycles. The minimum atomic E-state index is 0.366. The highest BCUT2D eigenvalue weighted by atomic mass is 35.5. The number of nitrogens with one attached hydrogen (secondary N) is 1. The topological polar surface area (TPSA) is 55.9 Å². The molecule has 1 fully saturated rings. The number of halogens is 1. The van der Waals surface area contributed by atoms with Crippen LogP contribution in [-0.4, -0.2) is 22.6 Å². The second-order valence-electron chi connectivity index (χ2n) is 4.09. The second-order valence-corrected chi connectivity index (χ2v) is 4.50. The minimum absolute atomic E-state index is 0.366. The van der Waals surface area contributed by atoms with E-state index in [4.69, 9.17) is 17.3 Å². The van der Waals surface area contributed by atoms with E-state index in [1.165, 1.54) is 0 Å². The molecule has 4 nitrogen and oxygen atoms in total. The van der Waals surface area contributed by atoms with Crippen molar-refractivity contribution in [1.29, 1.82) is 0 Å². The smallest absolute Gasteiger partial charge is 0.201 e. The molecule has 84 valence electrons. The first-order chi connectivity index (χ1) is 7.77. The van der Waals surface area contributed by atoms with Crippen molar-refractivity contribution in [3.63, 3.8) is 0 Å². The first kappa shape index (κ1) is 9.93. The maximum Gasteiger partial charge on any atom is 0.201 e. The number of imidazole rings is 1. The van der Waals surface area contributed by atoms with Gasteiger partial charge in [0.1, 0.15) is 0 Å². The lowest BCUT2D eigenvalue weighted by molar-refractivity contribution is 0.569. The highest BCUT2D eigenvalue weighted by Gasteiger charge is 2.22. The summed E-state index contributed by atoms with van der Waals surface area (Å²) in [6.45, 7) is 1.95. The van der Waals surface area contributed by atoms with Gasteiger partial charge in [-0.2, -0.15) is 0 Å². The van der Waals surface area contributed by atoms with E-state index in [2.05, 4.69) is 14.9 Å². The molecule has 5 heteroatoms. The van der Waals surface area contributed by atoms with Crippen LogP contribution in [0.5, 0.6) is 0 Å². The predicted molar refractivity (Wildman–Crippen MR) is 65.7 cm³/mol. The van der Waals surface area contributed by atoms with Crippen LogP contribution in [0.4, 0.5) is 5.95 Å². The van der Waals surface area contributed by atoms with Gasteiger partial charge in [-0.15, -0.1) is 0 Å². The third-order valence-corrected chi connectivity index (χ3v) is 3.39. The third kappa shape index (κ3) is 1.37. The van der Waals surface area contributed by atoms with E-state index in [0.29, 0.717) is 17.0 Å². The fraction of sp³-hybridized carbons (Fsp3) is 0.364. The summed E-state index contributed by atoms with van der Waals surface area (Å²) in [6, 6.07) is 6.08. The van der Waals surface area contributed by atoms with Crippen molar-refractivity contribution >= 4 is 28.6 Å². The van der Waals surface area contributed by atoms with E-state index in [9.17, 15) is 0 Å². The summed E-state index contributed by atoms with van der Waals surface area (Å²) in [5.41, 5.74) is 7.79. The van der Waals surface area contributed by atoms with Crippen LogP contribution in [0, 0.1) is 0 Å². The number of nitrogens with two attached hydrogens (primary N) is 1. The number of benzene rings is 1. The zero-order valence-corrected chi connectivity index (χ0v) is 9.54. The Balaban J connectivity index is 2.25. The fourth-order valence-corrected chi connectivity index (χ4v) is 2.61. The summed E-state index contributed by atoms with van der Waals surface area (Å²) in [6.07, 6.45) is 1.07. The lowest BCUT2D eigenvalue weighted by atomic mass is 10.2. The molecular weight excluding hydrogens is 224 g/mol. The summed E-state index contributed by atoms with van der Waals surface area (Å²) in [5, 5.41) is 4.04. The summed E-state index contributed by atoms with van der Waals surface area (Å²) >= 11 is 6.22. The normalized spacial score (nSPS) is 20.7. The molecule has 1 aliphatic rings. The molecule has 0 amide bonds. The average Bonchev–Trinajstić information content (AvgIpc) is 2.84. The Labute approximate surface area is 98.4 Å². The molecule has 1 aromatic heterocycles. The fourth-order valence-electron chi connectivity index (χ4n) is 2.35. The van der Waals surface area contributed by atoms with Gasteiger partial charge in [0.15, 0.2) is 0 Å². The first-order valence-electron chi connectivity index (χ1n) is 5.40. The minimum Gasteiger partial charge on any atom is -0.369 e. The van der Waals surface area contributed by atoms with Crippen molar-refractivity contribution in [2.45, 2.75) is 12.5 Å². The Morgan fingerprint density at radius 2 is 2.38 bits per heavy atom. The molecule has 1 atom stereocenters. The summed E-state index contributed by atoms with van der Waals surface area (Å²) in [4.78, 5) is 4.35. The van der Waals surface area contributed by atoms with Crippen LogP contribution in [-0.2, 0) is 0 Å². The maximum atomic E-state index is 6.22. The molecule has 1 saturated heterocycles. The van der Waals surface area contributed by atoms with Gasteiger partial charge < -0.3 is 15.6 Å². The Kier molecular flexibility index (Phi) is 2.26. The third-order valence-electron chi connectivity index (χ3n) is 3.09. The largest absolute Gasteiger partial charge is 0.369 e. The van der Waals surface area contributed by atoms with E-state index in [1.54, 1.807) is 0 Å². The summed E-state index contributed by atoms with van der Waals surface area (Å²) < 4.78 is 2.05. The van der Waals surface area contributed by atoms with Crippen LogP contribution in [0.3, 0.4) is 0 Å². The Bertz CT molecular complexity index is 528. The van der Waals surface area contributed by atoms with Gasteiger partial charge in [0.25, 0.3) is 0 Å². The van der Waals surface area contributed by atoms with E-state index in [-0.39, 0.29) is 0 Å². The van der Waals surface area contributed by atoms with E-state index in [0.717, 1.165) is 30.5 Å². The van der Waals surface area contributed by atoms with Crippen molar-refractivity contribution in [1.82, 2.24) is 14.9 Å². The molecule has 0 bridgehead atoms. The monoisotopic (exact) mass is 236 g/mol. The van der Waals surface area contributed by atoms with Gasteiger partial charge in [0.2, 0.25) is 5.95 Å². The molecule has 0 spiro atoms. The number of fused-ring (bicyclic) bond motifs is 1. The van der Waals surface area contributed by atoms with Crippen LogP contribution in [0.25, 0.3) is 11.0 Å². The molecule has 2 aromatic rings. The molecule has 1 aromatic carbocycles. The number of para-hydroxylation sites is 1. The summed E-state index contributed by atoms with van der Waals surface area (Å²) in [5.74, 6) is 0.553. The van der Waals surface area contributed by atoms with Crippen LogP contribution in [0.1, 0.15) is 12.5 Å². The van der Waals surface area contributed by atoms with Crippen molar-refractivity contribution in [2.24, 2.45) is 0 Å². The number of nitrogens with zero attached hydrogens (tertiary/aromatic N) is 2. The van der Waals surface area contributed by atoms with E-state index in [1.807, 2.05) is 18.2 Å². The number of hydrogen-bond donors (Lipinski definition) is 2. The van der Waals surface area contributed by atoms with Crippen LogP contribution >= 0.6 is 11.6 Å². The Morgan fingerprint density at radius 3 is 3.12 bits per heavy atom. The van der Waals surface area contributed by atoms with Crippen molar-refractivity contribution in [3.8, 4) is 0 Å². The first-order valence-corrected chi connectivity index (χ1v) is 5.78. The number of aromatic nitrogens is 2. The van der Waals surface area contributed by atoms with Gasteiger partial charge >= 0.3 is 0 Å². The number of hydrogen-bond acceptors (Lipinski definition) is 3. The molecular formula is C11H13ClN4. The number of rotatable bonds is 1. The second kappa shape index (κ2) is 3.64. The zero-order valence-electron chi connectivity index (χ0n) is 8.78. The SMILES string of the molecule is Nc1nc2cccc(Cl)c2n1C1CCNC1. The van der Waals surface area contributed by atoms with E-state index < -0.39 is 0 Å². The zero-order chi connectivity index (χ0) is 11.1. The van der Waals surface area contributed by atoms with Gasteiger partial charge in [-0.1, -0.05) is 17.7 Å². The van der Waals surface area contributed by atoms with Crippen molar-refractivity contribution in [3.05, 3.63) is 23.2 Å². The van der Waals surface area contributed by atoms with Gasteiger partial charge in [0, 0.05) is 6.54 Å². The molecule has 0 saturated carbocycles. The van der Waals surface area contributed by atoms with Crippen LogP contribution in [0.15, 0.2) is 18.2 Å². The lowest BCUT2D eigenvalue weighted by Crippen LogP contribution is -2.15. The Hall–Kier alpha value is -1.26. The molecule has 3 N–H and O–H groups in total. The van der Waals surface area contributed by atoms with Crippen LogP contribution in [0.2, 0.25) is 5.02 Å². The quantitative estimate of drug-likeness (QED) is 0.794. The van der Waals surface area contributed by atoms with Crippen LogP contribution < -0.4 is 11.1 Å². The Morgan fingerprint density at radius 1 is 1.50 bits per heavy atom. The highest BCUT2D eigenvalue weighted by Crippen LogP contribution is 2.30. The molecule has 16 heavy (non-hydrogen) atoms. The van der Waals surface area contributed by atoms with Crippen molar-refractivity contribution in [2.75, 3.05) is 18.8 Å². The van der Waals surface area contributed by atoms with Gasteiger partial charge in [-0.3, -0.25) is 0 Å². The van der Waals surface area contributed by atoms with E-state index >= 15 is 0 Å². The molecule has 0 aliphatic carbocycles. The van der Waals surface area contributed by atoms with Gasteiger partial charge in [-0.05, 0) is 25.1 Å². The number of nitrogen functional groups attached to an aromatic ring is 1. The molecule has 1 unspecified atom stereocenters. The lowest BCUT2D eigenvalue weighted by Gasteiger charge is -2.13. The summed E-state index contributed by atoms with van der Waals surface area (Å²) in [7, 11) is 0. The standard InChI is InChI=1S/C11H13ClN4/c12-8-2-1-3-9-10(8)16(11(13)15-9)7-4-5-14-6-7/h1-3,7,14H,4-6H2,(H2,13,15). The molecule has 3 rings (SSSR count). The van der Waals surface area contributed by atoms with Gasteiger partial charge in [-0.25, -0.2) is 4.98 Å². The van der Waals surface area contributed by atoms with Gasteiger partial charge in [0.05, 0.1) is 22.1 Å². The highest BCUT2D eigenvalue weighted by molar-refractivity contribution is 6.35. The van der Waals surface area contributed by atoms with Crippen molar-refractivity contribution < 1.29 is 0 Å². The maximum absolute atomic E-state index is 6.22. The molecule has 1 aliphatic heterocycles. The predicted octanol–water partition coefficient (Wildman–Crippen LogP) is 1.81. The average molecular weight is 237 g/mol. The molecule has 0 radical (unpaired) electrons.